The van der Waals surface area contributed by atoms with Crippen molar-refractivity contribution in [2.24, 2.45) is 17.6 Å². The van der Waals surface area contributed by atoms with E-state index >= 15 is 0 Å². The summed E-state index contributed by atoms with van der Waals surface area (Å²) in [6, 6.07) is 7.14. The number of hydrogen-bond donors (Lipinski definition) is 2. The lowest BCUT2D eigenvalue weighted by atomic mass is 9.65. The van der Waals surface area contributed by atoms with Gasteiger partial charge in [-0.1, -0.05) is 0 Å². The molecule has 8 heteroatoms. The number of carbonyl (C=O) groups excluding carboxylic acids is 1. The summed E-state index contributed by atoms with van der Waals surface area (Å²) in [6.07, 6.45) is 0. The van der Waals surface area contributed by atoms with Crippen LogP contribution >= 0.6 is 0 Å². The zero-order valence-electron chi connectivity index (χ0n) is 16.7. The molecular weight excluding hydrogens is 390 g/mol. The zero-order valence-corrected chi connectivity index (χ0v) is 16.7. The maximum absolute atomic E-state index is 12.8. The van der Waals surface area contributed by atoms with Crippen LogP contribution in [-0.4, -0.2) is 38.7 Å². The Hall–Kier alpha value is -2.97. The van der Waals surface area contributed by atoms with Crippen LogP contribution in [0.3, 0.4) is 0 Å². The number of aliphatic hydroxyl groups excluding tert-OH is 1. The topological polar surface area (TPSA) is 109 Å². The lowest BCUT2D eigenvalue weighted by Crippen LogP contribution is -2.38. The third kappa shape index (κ3) is 2.64. The smallest absolute Gasteiger partial charge is 0.310 e. The molecule has 0 spiro atoms. The summed E-state index contributed by atoms with van der Waals surface area (Å²) < 4.78 is 27.5. The minimum atomic E-state index is -0.447. The van der Waals surface area contributed by atoms with E-state index in [9.17, 15) is 9.90 Å². The van der Waals surface area contributed by atoms with Gasteiger partial charge in [-0.2, -0.15) is 0 Å². The van der Waals surface area contributed by atoms with Gasteiger partial charge in [0.25, 0.3) is 0 Å². The minimum absolute atomic E-state index is 0.151. The average molecular weight is 413 g/mol. The summed E-state index contributed by atoms with van der Waals surface area (Å²) in [5.74, 6) is 1.00. The van der Waals surface area contributed by atoms with E-state index in [1.807, 2.05) is 24.3 Å². The second-order valence-electron chi connectivity index (χ2n) is 7.73. The fraction of sp³-hybridized carbons (Fsp3) is 0.409. The highest BCUT2D eigenvalue weighted by Crippen LogP contribution is 2.54. The van der Waals surface area contributed by atoms with E-state index < -0.39 is 5.92 Å². The van der Waals surface area contributed by atoms with E-state index in [0.717, 1.165) is 16.7 Å². The number of hydrogen-bond acceptors (Lipinski definition) is 8. The average Bonchev–Trinajstić information content (AvgIpc) is 3.38. The van der Waals surface area contributed by atoms with Gasteiger partial charge in [0.1, 0.15) is 0 Å². The van der Waals surface area contributed by atoms with E-state index in [1.165, 1.54) is 14.2 Å². The zero-order chi connectivity index (χ0) is 21.0. The van der Waals surface area contributed by atoms with Crippen LogP contribution in [0.2, 0.25) is 0 Å². The molecule has 4 atom stereocenters. The van der Waals surface area contributed by atoms with Gasteiger partial charge in [-0.25, -0.2) is 0 Å². The molecule has 2 aromatic rings. The molecule has 2 aliphatic heterocycles. The Morgan fingerprint density at radius 1 is 1.07 bits per heavy atom. The molecule has 0 radical (unpaired) electrons. The summed E-state index contributed by atoms with van der Waals surface area (Å²) in [6.45, 7) is 0.194. The molecule has 0 amide bonds. The number of benzene rings is 2. The van der Waals surface area contributed by atoms with Crippen LogP contribution in [0.1, 0.15) is 34.2 Å². The van der Waals surface area contributed by atoms with Crippen molar-refractivity contribution < 1.29 is 33.6 Å². The number of aliphatic hydroxyl groups is 1. The second-order valence-corrected chi connectivity index (χ2v) is 7.73. The third-order valence-corrected chi connectivity index (χ3v) is 6.35. The number of fused-ring (bicyclic) bond motifs is 3. The van der Waals surface area contributed by atoms with Crippen LogP contribution in [0, 0.1) is 11.8 Å². The number of methoxy groups -OCH3 is 2. The van der Waals surface area contributed by atoms with Crippen LogP contribution in [0.25, 0.3) is 0 Å². The lowest BCUT2D eigenvalue weighted by molar-refractivity contribution is -0.141. The first kappa shape index (κ1) is 19.0. The summed E-state index contributed by atoms with van der Waals surface area (Å²) >= 11 is 0. The fourth-order valence-corrected chi connectivity index (χ4v) is 4.97. The van der Waals surface area contributed by atoms with E-state index in [0.29, 0.717) is 28.6 Å². The Kier molecular flexibility index (Phi) is 4.48. The van der Waals surface area contributed by atoms with E-state index in [2.05, 4.69) is 0 Å². The first-order valence-corrected chi connectivity index (χ1v) is 9.78. The maximum Gasteiger partial charge on any atom is 0.310 e. The highest BCUT2D eigenvalue weighted by molar-refractivity contribution is 5.79. The van der Waals surface area contributed by atoms with Crippen molar-refractivity contribution in [3.8, 4) is 23.0 Å². The lowest BCUT2D eigenvalue weighted by Gasteiger charge is -2.37. The Labute approximate surface area is 173 Å². The Morgan fingerprint density at radius 2 is 1.80 bits per heavy atom. The molecule has 1 saturated heterocycles. The van der Waals surface area contributed by atoms with Crippen molar-refractivity contribution in [3.05, 3.63) is 46.5 Å². The molecule has 0 saturated carbocycles. The van der Waals surface area contributed by atoms with Crippen molar-refractivity contribution >= 4 is 5.97 Å². The van der Waals surface area contributed by atoms with Crippen LogP contribution < -0.4 is 24.7 Å². The van der Waals surface area contributed by atoms with Gasteiger partial charge in [-0.3, -0.25) is 4.79 Å². The predicted octanol–water partition coefficient (Wildman–Crippen LogP) is 1.86. The van der Waals surface area contributed by atoms with Gasteiger partial charge >= 0.3 is 5.97 Å². The molecular formula is C22H23NO7. The third-order valence-electron chi connectivity index (χ3n) is 6.35. The normalized spacial score (nSPS) is 26.1. The molecule has 3 aliphatic rings. The number of esters is 1. The van der Waals surface area contributed by atoms with Crippen molar-refractivity contribution in [1.82, 2.24) is 0 Å². The molecule has 2 heterocycles. The van der Waals surface area contributed by atoms with Gasteiger partial charge in [-0.15, -0.1) is 0 Å². The maximum atomic E-state index is 12.8. The Bertz CT molecular complexity index is 996. The quantitative estimate of drug-likeness (QED) is 0.731. The number of carbonyl (C=O) groups is 1. The molecule has 0 unspecified atom stereocenters. The molecule has 1 aliphatic carbocycles. The fourth-order valence-electron chi connectivity index (χ4n) is 4.97. The summed E-state index contributed by atoms with van der Waals surface area (Å²) in [5.41, 5.74) is 9.76. The number of ether oxygens (including phenoxy) is 5. The number of rotatable bonds is 4. The van der Waals surface area contributed by atoms with Gasteiger partial charge in [0, 0.05) is 23.4 Å². The molecule has 0 aromatic heterocycles. The van der Waals surface area contributed by atoms with Gasteiger partial charge in [0.2, 0.25) is 6.79 Å². The number of cyclic esters (lactones) is 1. The van der Waals surface area contributed by atoms with Crippen LogP contribution in [0.5, 0.6) is 23.0 Å². The monoisotopic (exact) mass is 413 g/mol. The van der Waals surface area contributed by atoms with Gasteiger partial charge in [-0.05, 0) is 41.0 Å². The molecule has 1 fully saturated rings. The highest BCUT2D eigenvalue weighted by Gasteiger charge is 2.51. The molecule has 30 heavy (non-hydrogen) atoms. The van der Waals surface area contributed by atoms with Crippen molar-refractivity contribution in [3.63, 3.8) is 0 Å². The Morgan fingerprint density at radius 3 is 2.47 bits per heavy atom. The molecule has 8 nitrogen and oxygen atoms in total. The van der Waals surface area contributed by atoms with Gasteiger partial charge in [0.15, 0.2) is 23.0 Å². The molecule has 158 valence electrons. The highest BCUT2D eigenvalue weighted by atomic mass is 16.7. The number of nitrogens with two attached hydrogens (primary N) is 1. The van der Waals surface area contributed by atoms with Crippen LogP contribution in [0.4, 0.5) is 0 Å². The minimum Gasteiger partial charge on any atom is -0.493 e. The molecule has 3 N–H and O–H groups in total. The summed E-state index contributed by atoms with van der Waals surface area (Å²) in [4.78, 5) is 12.8. The van der Waals surface area contributed by atoms with Crippen molar-refractivity contribution in [2.45, 2.75) is 18.6 Å². The molecule has 5 rings (SSSR count). The summed E-state index contributed by atoms with van der Waals surface area (Å²) in [5, 5.41) is 9.91. The Balaban J connectivity index is 1.74. The largest absolute Gasteiger partial charge is 0.493 e. The SMILES string of the molecule is COc1cc([C@@H]2c3cc4c(cc3[C@@H](N)[C@H]3COC(=O)[C@H]23)OCO4)cc(CO)c1OC. The standard InChI is InChI=1S/C22H23NO7/c1-26-17-4-10(3-11(7-24)21(17)27-2)18-12-5-15-16(30-9-29-15)6-13(12)20(23)14-8-28-22(25)19(14)18/h3-6,14,18-20,24H,7-9,23H2,1-2H3/t14-,18+,19-,20+/m0/s1. The van der Waals surface area contributed by atoms with Crippen LogP contribution in [-0.2, 0) is 16.1 Å². The second kappa shape index (κ2) is 7.07. The molecule has 0 bridgehead atoms. The van der Waals surface area contributed by atoms with E-state index in [1.54, 1.807) is 0 Å². The van der Waals surface area contributed by atoms with Gasteiger partial charge in [0.05, 0.1) is 33.4 Å². The predicted molar refractivity (Wildman–Crippen MR) is 105 cm³/mol. The van der Waals surface area contributed by atoms with Gasteiger partial charge < -0.3 is 34.5 Å². The van der Waals surface area contributed by atoms with Crippen molar-refractivity contribution in [2.75, 3.05) is 27.6 Å². The molecule has 2 aromatic carbocycles. The van der Waals surface area contributed by atoms with E-state index in [-0.39, 0.29) is 43.9 Å². The van der Waals surface area contributed by atoms with Crippen molar-refractivity contribution in [1.29, 1.82) is 0 Å². The summed E-state index contributed by atoms with van der Waals surface area (Å²) in [7, 11) is 3.06. The first-order valence-electron chi connectivity index (χ1n) is 9.78. The van der Waals surface area contributed by atoms with E-state index in [4.69, 9.17) is 29.4 Å². The van der Waals surface area contributed by atoms with Crippen LogP contribution in [0.15, 0.2) is 24.3 Å². The first-order chi connectivity index (χ1) is 14.6.